The van der Waals surface area contributed by atoms with Crippen LogP contribution in [0.3, 0.4) is 0 Å². The Morgan fingerprint density at radius 1 is 1.12 bits per heavy atom. The van der Waals surface area contributed by atoms with Gasteiger partial charge in [0.2, 0.25) is 5.91 Å². The summed E-state index contributed by atoms with van der Waals surface area (Å²) in [6, 6.07) is 13.0. The summed E-state index contributed by atoms with van der Waals surface area (Å²) in [5.74, 6) is 0.354. The third-order valence-corrected chi connectivity index (χ3v) is 7.04. The average Bonchev–Trinajstić information content (AvgIpc) is 2.79. The van der Waals surface area contributed by atoms with Crippen LogP contribution in [0.25, 0.3) is 0 Å². The van der Waals surface area contributed by atoms with Gasteiger partial charge in [-0.1, -0.05) is 44.4 Å². The van der Waals surface area contributed by atoms with Gasteiger partial charge in [0.05, 0.1) is 0 Å². The topological polar surface area (TPSA) is 94.6 Å². The number of nitrogens with one attached hydrogen (secondary N) is 2. The zero-order valence-electron chi connectivity index (χ0n) is 19.3. The number of aromatic nitrogens is 1. The van der Waals surface area contributed by atoms with Gasteiger partial charge < -0.3 is 20.6 Å². The van der Waals surface area contributed by atoms with E-state index >= 15 is 0 Å². The quantitative estimate of drug-likeness (QED) is 0.539. The SMILES string of the molecule is CC1(C(=O)NC(Cc2ccc(N3CC(CNc4ccccn4)C3)cc2)C(=O)O)CCCCC1. The van der Waals surface area contributed by atoms with Crippen LogP contribution in [0.15, 0.2) is 48.7 Å². The molecule has 1 atom stereocenters. The second kappa shape index (κ2) is 10.2. The maximum absolute atomic E-state index is 12.8. The molecular formula is C26H34N4O3. The molecule has 2 aliphatic rings. The molecule has 0 radical (unpaired) electrons. The predicted molar refractivity (Wildman–Crippen MR) is 129 cm³/mol. The minimum Gasteiger partial charge on any atom is -0.480 e. The lowest BCUT2D eigenvalue weighted by Gasteiger charge is -2.41. The Hall–Kier alpha value is -3.09. The Kier molecular flexibility index (Phi) is 7.16. The van der Waals surface area contributed by atoms with E-state index < -0.39 is 17.4 Å². The molecule has 176 valence electrons. The maximum atomic E-state index is 12.8. The molecule has 1 saturated carbocycles. The highest BCUT2D eigenvalue weighted by molar-refractivity contribution is 5.87. The van der Waals surface area contributed by atoms with Gasteiger partial charge in [-0.05, 0) is 42.7 Å². The van der Waals surface area contributed by atoms with E-state index in [0.29, 0.717) is 5.92 Å². The molecule has 1 unspecified atom stereocenters. The molecule has 33 heavy (non-hydrogen) atoms. The zero-order chi connectivity index (χ0) is 23.3. The molecule has 7 heteroatoms. The molecule has 1 aliphatic heterocycles. The molecule has 7 nitrogen and oxygen atoms in total. The van der Waals surface area contributed by atoms with Crippen molar-refractivity contribution in [2.45, 2.75) is 51.5 Å². The van der Waals surface area contributed by atoms with E-state index in [4.69, 9.17) is 0 Å². The highest BCUT2D eigenvalue weighted by atomic mass is 16.4. The summed E-state index contributed by atoms with van der Waals surface area (Å²) in [6.45, 7) is 4.81. The van der Waals surface area contributed by atoms with Crippen molar-refractivity contribution in [3.8, 4) is 0 Å². The summed E-state index contributed by atoms with van der Waals surface area (Å²) in [5, 5.41) is 15.9. The molecule has 2 heterocycles. The van der Waals surface area contributed by atoms with Crippen LogP contribution in [-0.2, 0) is 16.0 Å². The Morgan fingerprint density at radius 2 is 1.85 bits per heavy atom. The Balaban J connectivity index is 1.26. The summed E-state index contributed by atoms with van der Waals surface area (Å²) >= 11 is 0. The van der Waals surface area contributed by atoms with Crippen molar-refractivity contribution >= 4 is 23.4 Å². The number of amides is 1. The number of carboxylic acids is 1. The third kappa shape index (κ3) is 5.83. The Bertz CT molecular complexity index is 936. The van der Waals surface area contributed by atoms with Crippen molar-refractivity contribution in [2.75, 3.05) is 29.9 Å². The van der Waals surface area contributed by atoms with Crippen molar-refractivity contribution < 1.29 is 14.7 Å². The number of rotatable bonds is 9. The molecule has 1 aliphatic carbocycles. The van der Waals surface area contributed by atoms with Crippen molar-refractivity contribution in [1.82, 2.24) is 10.3 Å². The smallest absolute Gasteiger partial charge is 0.326 e. The van der Waals surface area contributed by atoms with Gasteiger partial charge in [0.1, 0.15) is 11.9 Å². The monoisotopic (exact) mass is 450 g/mol. The van der Waals surface area contributed by atoms with E-state index in [0.717, 1.165) is 68.8 Å². The fourth-order valence-corrected chi connectivity index (χ4v) is 4.80. The van der Waals surface area contributed by atoms with Gasteiger partial charge in [-0.25, -0.2) is 9.78 Å². The van der Waals surface area contributed by atoms with Crippen LogP contribution >= 0.6 is 0 Å². The van der Waals surface area contributed by atoms with Crippen LogP contribution in [0.1, 0.15) is 44.6 Å². The second-order valence-electron chi connectivity index (χ2n) is 9.72. The van der Waals surface area contributed by atoms with E-state index in [1.165, 1.54) is 0 Å². The first kappa shape index (κ1) is 23.1. The summed E-state index contributed by atoms with van der Waals surface area (Å²) in [6.07, 6.45) is 6.93. The van der Waals surface area contributed by atoms with E-state index in [2.05, 4.69) is 20.5 Å². The minimum absolute atomic E-state index is 0.128. The lowest BCUT2D eigenvalue weighted by atomic mass is 9.75. The highest BCUT2D eigenvalue weighted by Crippen LogP contribution is 2.36. The van der Waals surface area contributed by atoms with Gasteiger partial charge in [0, 0.05) is 49.3 Å². The van der Waals surface area contributed by atoms with Crippen LogP contribution in [0.2, 0.25) is 0 Å². The Labute approximate surface area is 195 Å². The minimum atomic E-state index is -0.988. The normalized spacial score (nSPS) is 18.8. The molecule has 4 rings (SSSR count). The molecule has 1 saturated heterocycles. The first-order valence-electron chi connectivity index (χ1n) is 12.0. The number of carbonyl (C=O) groups is 2. The summed E-state index contributed by atoms with van der Waals surface area (Å²) in [5.41, 5.74) is 1.60. The second-order valence-corrected chi connectivity index (χ2v) is 9.72. The third-order valence-electron chi connectivity index (χ3n) is 7.04. The zero-order valence-corrected chi connectivity index (χ0v) is 19.3. The number of aliphatic carboxylic acids is 1. The number of hydrogen-bond acceptors (Lipinski definition) is 5. The molecule has 1 aromatic heterocycles. The number of benzene rings is 1. The number of carboxylic acid groups (broad SMARTS) is 1. The van der Waals surface area contributed by atoms with E-state index in [1.54, 1.807) is 6.20 Å². The summed E-state index contributed by atoms with van der Waals surface area (Å²) in [4.78, 5) is 31.2. The van der Waals surface area contributed by atoms with E-state index in [9.17, 15) is 14.7 Å². The Morgan fingerprint density at radius 3 is 2.48 bits per heavy atom. The molecule has 0 bridgehead atoms. The lowest BCUT2D eigenvalue weighted by molar-refractivity contribution is -0.144. The molecule has 3 N–H and O–H groups in total. The molecule has 2 fully saturated rings. The number of pyridine rings is 1. The van der Waals surface area contributed by atoms with Gasteiger partial charge in [-0.15, -0.1) is 0 Å². The van der Waals surface area contributed by atoms with E-state index in [1.807, 2.05) is 49.4 Å². The van der Waals surface area contributed by atoms with Gasteiger partial charge in [0.15, 0.2) is 0 Å². The standard InChI is InChI=1S/C26H34N4O3/c1-26(12-4-2-5-13-26)25(33)29-22(24(31)32)15-19-8-10-21(11-9-19)30-17-20(18-30)16-28-23-7-3-6-14-27-23/h3,6-11,14,20,22H,2,4-5,12-13,15-18H2,1H3,(H,27,28)(H,29,33)(H,31,32). The van der Waals surface area contributed by atoms with Crippen LogP contribution in [-0.4, -0.2) is 47.6 Å². The van der Waals surface area contributed by atoms with Crippen LogP contribution in [0, 0.1) is 11.3 Å². The van der Waals surface area contributed by atoms with Crippen molar-refractivity contribution in [3.05, 3.63) is 54.2 Å². The van der Waals surface area contributed by atoms with Gasteiger partial charge in [-0.3, -0.25) is 4.79 Å². The molecule has 0 spiro atoms. The highest BCUT2D eigenvalue weighted by Gasteiger charge is 2.36. The van der Waals surface area contributed by atoms with Crippen molar-refractivity contribution in [3.63, 3.8) is 0 Å². The predicted octanol–water partition coefficient (Wildman–Crippen LogP) is 3.71. The number of hydrogen-bond donors (Lipinski definition) is 3. The fourth-order valence-electron chi connectivity index (χ4n) is 4.80. The first-order chi connectivity index (χ1) is 15.9. The van der Waals surface area contributed by atoms with Crippen molar-refractivity contribution in [1.29, 1.82) is 0 Å². The van der Waals surface area contributed by atoms with Gasteiger partial charge >= 0.3 is 5.97 Å². The molecule has 2 aromatic rings. The molecule has 1 amide bonds. The van der Waals surface area contributed by atoms with Gasteiger partial charge in [0.25, 0.3) is 0 Å². The molecular weight excluding hydrogens is 416 g/mol. The van der Waals surface area contributed by atoms with Crippen LogP contribution < -0.4 is 15.5 Å². The molecule has 1 aromatic carbocycles. The summed E-state index contributed by atoms with van der Waals surface area (Å²) < 4.78 is 0. The van der Waals surface area contributed by atoms with Gasteiger partial charge in [-0.2, -0.15) is 0 Å². The lowest BCUT2D eigenvalue weighted by Crippen LogP contribution is -2.49. The number of anilines is 2. The number of nitrogens with zero attached hydrogens (tertiary/aromatic N) is 2. The van der Waals surface area contributed by atoms with Crippen LogP contribution in [0.4, 0.5) is 11.5 Å². The largest absolute Gasteiger partial charge is 0.480 e. The number of carbonyl (C=O) groups excluding carboxylic acids is 1. The van der Waals surface area contributed by atoms with Crippen molar-refractivity contribution in [2.24, 2.45) is 11.3 Å². The first-order valence-corrected chi connectivity index (χ1v) is 12.0. The average molecular weight is 451 g/mol. The van der Waals surface area contributed by atoms with E-state index in [-0.39, 0.29) is 12.3 Å². The summed E-state index contributed by atoms with van der Waals surface area (Å²) in [7, 11) is 0. The maximum Gasteiger partial charge on any atom is 0.326 e. The van der Waals surface area contributed by atoms with Crippen LogP contribution in [0.5, 0.6) is 0 Å². The fraction of sp³-hybridized carbons (Fsp3) is 0.500.